The predicted molar refractivity (Wildman–Crippen MR) is 90.6 cm³/mol. The SMILES string of the molecule is C[C@@H](c1nnc(-c2ccccc2)o1)N1CCn2c(nnc2C2CC2)C1. The maximum Gasteiger partial charge on any atom is 0.247 e. The van der Waals surface area contributed by atoms with E-state index < -0.39 is 0 Å². The van der Waals surface area contributed by atoms with Gasteiger partial charge in [-0.2, -0.15) is 0 Å². The summed E-state index contributed by atoms with van der Waals surface area (Å²) in [5, 5.41) is 17.3. The average Bonchev–Trinajstić information content (AvgIpc) is 3.22. The van der Waals surface area contributed by atoms with E-state index in [1.807, 2.05) is 30.3 Å². The number of benzene rings is 1. The van der Waals surface area contributed by atoms with Gasteiger partial charge in [0.15, 0.2) is 0 Å². The maximum atomic E-state index is 5.92. The van der Waals surface area contributed by atoms with E-state index in [-0.39, 0.29) is 6.04 Å². The van der Waals surface area contributed by atoms with Gasteiger partial charge < -0.3 is 8.98 Å². The highest BCUT2D eigenvalue weighted by atomic mass is 16.4. The smallest absolute Gasteiger partial charge is 0.247 e. The Balaban J connectivity index is 1.34. The van der Waals surface area contributed by atoms with Crippen LogP contribution in [0.2, 0.25) is 0 Å². The molecule has 2 aliphatic rings. The van der Waals surface area contributed by atoms with E-state index in [1.54, 1.807) is 0 Å². The molecule has 7 heteroatoms. The van der Waals surface area contributed by atoms with Gasteiger partial charge in [0.05, 0.1) is 12.6 Å². The van der Waals surface area contributed by atoms with Crippen LogP contribution in [0.25, 0.3) is 11.5 Å². The monoisotopic (exact) mass is 336 g/mol. The van der Waals surface area contributed by atoms with Crippen LogP contribution in [0, 0.1) is 0 Å². The summed E-state index contributed by atoms with van der Waals surface area (Å²) in [7, 11) is 0. The van der Waals surface area contributed by atoms with E-state index in [0.29, 0.717) is 17.7 Å². The highest BCUT2D eigenvalue weighted by Crippen LogP contribution is 2.40. The van der Waals surface area contributed by atoms with Gasteiger partial charge in [-0.15, -0.1) is 20.4 Å². The van der Waals surface area contributed by atoms with Crippen molar-refractivity contribution in [3.63, 3.8) is 0 Å². The van der Waals surface area contributed by atoms with Gasteiger partial charge in [0.25, 0.3) is 0 Å². The highest BCUT2D eigenvalue weighted by Gasteiger charge is 2.33. The lowest BCUT2D eigenvalue weighted by Gasteiger charge is -2.30. The minimum absolute atomic E-state index is 0.0554. The number of aromatic nitrogens is 5. The third kappa shape index (κ3) is 2.64. The Hall–Kier alpha value is -2.54. The molecule has 1 atom stereocenters. The van der Waals surface area contributed by atoms with Crippen LogP contribution in [-0.2, 0) is 13.1 Å². The van der Waals surface area contributed by atoms with Crippen molar-refractivity contribution in [2.24, 2.45) is 0 Å². The molecule has 1 aliphatic heterocycles. The van der Waals surface area contributed by atoms with E-state index in [0.717, 1.165) is 31.0 Å². The Morgan fingerprint density at radius 1 is 1.04 bits per heavy atom. The normalized spacial score (nSPS) is 18.9. The fraction of sp³-hybridized carbons (Fsp3) is 0.444. The number of hydrogen-bond donors (Lipinski definition) is 0. The first-order valence-corrected chi connectivity index (χ1v) is 8.84. The second kappa shape index (κ2) is 5.77. The van der Waals surface area contributed by atoms with Gasteiger partial charge in [-0.3, -0.25) is 4.90 Å². The van der Waals surface area contributed by atoms with Gasteiger partial charge >= 0.3 is 0 Å². The van der Waals surface area contributed by atoms with Crippen LogP contribution in [0.15, 0.2) is 34.7 Å². The molecule has 1 aliphatic carbocycles. The molecule has 0 spiro atoms. The molecule has 0 radical (unpaired) electrons. The van der Waals surface area contributed by atoms with Crippen molar-refractivity contribution in [2.45, 2.75) is 44.8 Å². The van der Waals surface area contributed by atoms with Crippen LogP contribution < -0.4 is 0 Å². The molecular weight excluding hydrogens is 316 g/mol. The largest absolute Gasteiger partial charge is 0.419 e. The third-order valence-corrected chi connectivity index (χ3v) is 5.12. The molecule has 3 heterocycles. The molecule has 128 valence electrons. The lowest BCUT2D eigenvalue weighted by Crippen LogP contribution is -2.36. The lowest BCUT2D eigenvalue weighted by atomic mass is 10.2. The first kappa shape index (κ1) is 14.8. The molecule has 0 saturated heterocycles. The number of rotatable bonds is 4. The van der Waals surface area contributed by atoms with Gasteiger partial charge in [-0.1, -0.05) is 18.2 Å². The van der Waals surface area contributed by atoms with Crippen molar-refractivity contribution in [1.29, 1.82) is 0 Å². The Morgan fingerprint density at radius 2 is 1.88 bits per heavy atom. The molecule has 1 aromatic carbocycles. The molecular formula is C18H20N6O. The van der Waals surface area contributed by atoms with Crippen LogP contribution in [0.5, 0.6) is 0 Å². The first-order valence-electron chi connectivity index (χ1n) is 8.84. The van der Waals surface area contributed by atoms with E-state index in [2.05, 4.69) is 36.8 Å². The first-order chi connectivity index (χ1) is 12.3. The number of hydrogen-bond acceptors (Lipinski definition) is 6. The summed E-state index contributed by atoms with van der Waals surface area (Å²) in [5.74, 6) is 4.07. The van der Waals surface area contributed by atoms with Crippen LogP contribution in [0.1, 0.15) is 49.3 Å². The Labute approximate surface area is 145 Å². The van der Waals surface area contributed by atoms with Crippen LogP contribution in [-0.4, -0.2) is 36.4 Å². The van der Waals surface area contributed by atoms with Crippen LogP contribution >= 0.6 is 0 Å². The third-order valence-electron chi connectivity index (χ3n) is 5.12. The van der Waals surface area contributed by atoms with Crippen LogP contribution in [0.3, 0.4) is 0 Å². The second-order valence-corrected chi connectivity index (χ2v) is 6.86. The molecule has 7 nitrogen and oxygen atoms in total. The van der Waals surface area contributed by atoms with E-state index in [9.17, 15) is 0 Å². The zero-order chi connectivity index (χ0) is 16.8. The Bertz CT molecular complexity index is 882. The van der Waals surface area contributed by atoms with Gasteiger partial charge in [0.1, 0.15) is 11.6 Å². The summed E-state index contributed by atoms with van der Waals surface area (Å²) in [4.78, 5) is 2.32. The maximum absolute atomic E-state index is 5.92. The van der Waals surface area contributed by atoms with Gasteiger partial charge in [0.2, 0.25) is 11.8 Å². The Morgan fingerprint density at radius 3 is 2.68 bits per heavy atom. The molecule has 0 amide bonds. The van der Waals surface area contributed by atoms with Crippen molar-refractivity contribution >= 4 is 0 Å². The standard InChI is InChI=1S/C18H20N6O/c1-12(17-21-22-18(25-17)14-5-3-2-4-6-14)23-9-10-24-15(11-23)19-20-16(24)13-7-8-13/h2-6,12-13H,7-11H2,1H3/t12-/m0/s1. The Kier molecular flexibility index (Phi) is 3.41. The molecule has 0 bridgehead atoms. The summed E-state index contributed by atoms with van der Waals surface area (Å²) in [5.41, 5.74) is 0.945. The topological polar surface area (TPSA) is 72.9 Å². The summed E-state index contributed by atoms with van der Waals surface area (Å²) in [6.07, 6.45) is 2.50. The van der Waals surface area contributed by atoms with Crippen molar-refractivity contribution in [3.05, 3.63) is 47.9 Å². The van der Waals surface area contributed by atoms with E-state index in [4.69, 9.17) is 4.42 Å². The zero-order valence-electron chi connectivity index (χ0n) is 14.2. The summed E-state index contributed by atoms with van der Waals surface area (Å²) in [6.45, 7) is 4.74. The fourth-order valence-electron chi connectivity index (χ4n) is 3.43. The quantitative estimate of drug-likeness (QED) is 0.729. The summed E-state index contributed by atoms with van der Waals surface area (Å²) < 4.78 is 8.22. The number of nitrogens with zero attached hydrogens (tertiary/aromatic N) is 6. The molecule has 3 aromatic rings. The zero-order valence-corrected chi connectivity index (χ0v) is 14.2. The molecule has 0 unspecified atom stereocenters. The minimum atomic E-state index is 0.0554. The molecule has 1 saturated carbocycles. The highest BCUT2D eigenvalue weighted by molar-refractivity contribution is 5.51. The number of fused-ring (bicyclic) bond motifs is 1. The summed E-state index contributed by atoms with van der Waals surface area (Å²) >= 11 is 0. The molecule has 0 N–H and O–H groups in total. The van der Waals surface area contributed by atoms with Crippen molar-refractivity contribution < 1.29 is 4.42 Å². The van der Waals surface area contributed by atoms with E-state index in [1.165, 1.54) is 18.7 Å². The van der Waals surface area contributed by atoms with Gasteiger partial charge in [0, 0.05) is 24.6 Å². The minimum Gasteiger partial charge on any atom is -0.419 e. The van der Waals surface area contributed by atoms with Gasteiger partial charge in [-0.05, 0) is 31.9 Å². The van der Waals surface area contributed by atoms with Gasteiger partial charge in [-0.25, -0.2) is 0 Å². The van der Waals surface area contributed by atoms with E-state index >= 15 is 0 Å². The van der Waals surface area contributed by atoms with Crippen molar-refractivity contribution in [1.82, 2.24) is 29.9 Å². The second-order valence-electron chi connectivity index (χ2n) is 6.86. The molecule has 1 fully saturated rings. The average molecular weight is 336 g/mol. The lowest BCUT2D eigenvalue weighted by molar-refractivity contribution is 0.142. The molecule has 2 aromatic heterocycles. The van der Waals surface area contributed by atoms with Crippen molar-refractivity contribution in [2.75, 3.05) is 6.54 Å². The molecule has 5 rings (SSSR count). The molecule has 25 heavy (non-hydrogen) atoms. The fourth-order valence-corrected chi connectivity index (χ4v) is 3.43. The predicted octanol–water partition coefficient (Wildman–Crippen LogP) is 2.78. The van der Waals surface area contributed by atoms with Crippen LogP contribution in [0.4, 0.5) is 0 Å². The van der Waals surface area contributed by atoms with Crippen molar-refractivity contribution in [3.8, 4) is 11.5 Å². The summed E-state index contributed by atoms with van der Waals surface area (Å²) in [6, 6.07) is 9.92.